The van der Waals surface area contributed by atoms with Gasteiger partial charge in [0.25, 0.3) is 0 Å². The number of aliphatic carboxylic acids is 1. The molecule has 2 N–H and O–H groups in total. The molecule has 2 aromatic rings. The van der Waals surface area contributed by atoms with Gasteiger partial charge in [-0.25, -0.2) is 4.98 Å². The fraction of sp³-hybridized carbons (Fsp3) is 0.348. The van der Waals surface area contributed by atoms with Gasteiger partial charge in [0, 0.05) is 24.7 Å². The van der Waals surface area contributed by atoms with E-state index in [1.807, 2.05) is 42.5 Å². The van der Waals surface area contributed by atoms with Gasteiger partial charge in [-0.1, -0.05) is 48.6 Å². The SMILES string of the molecule is C=C1CC(=O)[C@H](CC=CCCCC(=O)O)[C@H]1C=C[C@@H](O)c1nc2ccccc2s1. The van der Waals surface area contributed by atoms with E-state index in [-0.39, 0.29) is 24.0 Å². The first-order valence-corrected chi connectivity index (χ1v) is 10.6. The monoisotopic (exact) mass is 411 g/mol. The molecule has 0 amide bonds. The van der Waals surface area contributed by atoms with Crippen molar-refractivity contribution in [2.75, 3.05) is 0 Å². The molecule has 29 heavy (non-hydrogen) atoms. The third-order valence-corrected chi connectivity index (χ3v) is 6.21. The lowest BCUT2D eigenvalue weighted by Gasteiger charge is -2.14. The number of ketones is 1. The summed E-state index contributed by atoms with van der Waals surface area (Å²) in [6, 6.07) is 7.76. The maximum atomic E-state index is 12.4. The third kappa shape index (κ3) is 5.49. The molecular weight excluding hydrogens is 386 g/mol. The fourth-order valence-electron chi connectivity index (χ4n) is 3.56. The predicted molar refractivity (Wildman–Crippen MR) is 115 cm³/mol. The molecule has 152 valence electrons. The number of benzene rings is 1. The van der Waals surface area contributed by atoms with Gasteiger partial charge in [-0.2, -0.15) is 0 Å². The highest BCUT2D eigenvalue weighted by molar-refractivity contribution is 7.18. The molecule has 6 heteroatoms. The average Bonchev–Trinajstić information content (AvgIpc) is 3.23. The molecule has 1 aliphatic rings. The zero-order valence-corrected chi connectivity index (χ0v) is 17.0. The number of aliphatic hydroxyl groups is 1. The van der Waals surface area contributed by atoms with Gasteiger partial charge < -0.3 is 10.2 Å². The normalized spacial score (nSPS) is 21.0. The van der Waals surface area contributed by atoms with Crippen LogP contribution in [0.3, 0.4) is 0 Å². The van der Waals surface area contributed by atoms with E-state index in [4.69, 9.17) is 5.11 Å². The molecule has 0 saturated heterocycles. The topological polar surface area (TPSA) is 87.5 Å². The second-order valence-corrected chi connectivity index (χ2v) is 8.34. The highest BCUT2D eigenvalue weighted by Crippen LogP contribution is 2.37. The second-order valence-electron chi connectivity index (χ2n) is 7.28. The Bertz CT molecular complexity index is 926. The number of carbonyl (C=O) groups excluding carboxylic acids is 1. The Labute approximate surface area is 174 Å². The van der Waals surface area contributed by atoms with Crippen LogP contribution in [0, 0.1) is 11.8 Å². The Hall–Kier alpha value is -2.57. The molecule has 5 nitrogen and oxygen atoms in total. The maximum absolute atomic E-state index is 12.4. The smallest absolute Gasteiger partial charge is 0.303 e. The Balaban J connectivity index is 1.62. The largest absolute Gasteiger partial charge is 0.481 e. The number of Topliss-reactive ketones (excluding diaryl/α,β-unsaturated/α-hetero) is 1. The van der Waals surface area contributed by atoms with Gasteiger partial charge in [-0.05, 0) is 31.4 Å². The summed E-state index contributed by atoms with van der Waals surface area (Å²) in [5, 5.41) is 19.8. The fourth-order valence-corrected chi connectivity index (χ4v) is 4.49. The Morgan fingerprint density at radius 2 is 2.14 bits per heavy atom. The van der Waals surface area contributed by atoms with Crippen LogP contribution in [-0.2, 0) is 9.59 Å². The Kier molecular flexibility index (Phi) is 7.12. The number of aliphatic hydroxyl groups excluding tert-OH is 1. The van der Waals surface area contributed by atoms with Crippen LogP contribution in [0.25, 0.3) is 10.2 Å². The number of aromatic nitrogens is 1. The van der Waals surface area contributed by atoms with Crippen molar-refractivity contribution >= 4 is 33.3 Å². The summed E-state index contributed by atoms with van der Waals surface area (Å²) < 4.78 is 1.03. The first kappa shape index (κ1) is 21.1. The molecule has 0 radical (unpaired) electrons. The van der Waals surface area contributed by atoms with Gasteiger partial charge in [0.05, 0.1) is 10.2 Å². The molecule has 1 fully saturated rings. The van der Waals surface area contributed by atoms with Crippen LogP contribution in [0.2, 0.25) is 0 Å². The molecule has 1 aliphatic carbocycles. The van der Waals surface area contributed by atoms with E-state index < -0.39 is 12.1 Å². The number of carboxylic acids is 1. The van der Waals surface area contributed by atoms with Crippen LogP contribution in [-0.4, -0.2) is 26.9 Å². The molecule has 0 aliphatic heterocycles. The summed E-state index contributed by atoms with van der Waals surface area (Å²) in [6.45, 7) is 4.04. The number of allylic oxidation sites excluding steroid dienone is 4. The summed E-state index contributed by atoms with van der Waals surface area (Å²) in [5.41, 5.74) is 1.73. The molecule has 1 aromatic carbocycles. The lowest BCUT2D eigenvalue weighted by atomic mass is 9.89. The highest BCUT2D eigenvalue weighted by Gasteiger charge is 2.35. The molecular formula is C23H25NO4S. The molecule has 1 aromatic heterocycles. The van der Waals surface area contributed by atoms with E-state index in [1.54, 1.807) is 6.08 Å². The van der Waals surface area contributed by atoms with Gasteiger partial charge >= 0.3 is 5.97 Å². The number of carbonyl (C=O) groups is 2. The molecule has 0 spiro atoms. The van der Waals surface area contributed by atoms with Crippen molar-refractivity contribution in [3.63, 3.8) is 0 Å². The lowest BCUT2D eigenvalue weighted by molar-refractivity contribution is -0.137. The third-order valence-electron chi connectivity index (χ3n) is 5.10. The number of nitrogens with zero attached hydrogens (tertiary/aromatic N) is 1. The number of fused-ring (bicyclic) bond motifs is 1. The van der Waals surface area contributed by atoms with E-state index in [0.29, 0.717) is 30.7 Å². The van der Waals surface area contributed by atoms with Gasteiger partial charge in [0.1, 0.15) is 16.9 Å². The average molecular weight is 412 g/mol. The molecule has 3 rings (SSSR count). The van der Waals surface area contributed by atoms with Crippen molar-refractivity contribution in [1.82, 2.24) is 4.98 Å². The zero-order chi connectivity index (χ0) is 20.8. The van der Waals surface area contributed by atoms with Crippen LogP contribution < -0.4 is 0 Å². The number of carboxylic acid groups (broad SMARTS) is 1. The van der Waals surface area contributed by atoms with E-state index >= 15 is 0 Å². The van der Waals surface area contributed by atoms with Crippen molar-refractivity contribution in [2.45, 2.75) is 38.2 Å². The number of thiazole rings is 1. The van der Waals surface area contributed by atoms with Gasteiger partial charge in [0.15, 0.2) is 0 Å². The van der Waals surface area contributed by atoms with Crippen molar-refractivity contribution in [3.05, 3.63) is 65.7 Å². The standard InChI is InChI=1S/C23H25NO4S/c1-15-14-20(26)17(8-4-2-3-5-11-22(27)28)16(15)12-13-19(25)23-24-18-9-6-7-10-21(18)29-23/h2,4,6-7,9-10,12-13,16-17,19,25H,1,3,5,8,11,14H2,(H,27,28)/t16-,17+,19+/m0/s1. The first-order chi connectivity index (χ1) is 14.0. The van der Waals surface area contributed by atoms with Crippen LogP contribution in [0.4, 0.5) is 0 Å². The molecule has 1 heterocycles. The number of hydrogen-bond acceptors (Lipinski definition) is 5. The second kappa shape index (κ2) is 9.76. The van der Waals surface area contributed by atoms with Crippen LogP contribution in [0.1, 0.15) is 43.2 Å². The number of hydrogen-bond donors (Lipinski definition) is 2. The van der Waals surface area contributed by atoms with Crippen molar-refractivity contribution < 1.29 is 19.8 Å². The van der Waals surface area contributed by atoms with E-state index in [1.165, 1.54) is 11.3 Å². The lowest BCUT2D eigenvalue weighted by Crippen LogP contribution is -2.13. The van der Waals surface area contributed by atoms with Gasteiger partial charge in [-0.15, -0.1) is 11.3 Å². The minimum Gasteiger partial charge on any atom is -0.481 e. The van der Waals surface area contributed by atoms with E-state index in [9.17, 15) is 14.7 Å². The van der Waals surface area contributed by atoms with Crippen molar-refractivity contribution in [3.8, 4) is 0 Å². The zero-order valence-electron chi connectivity index (χ0n) is 16.2. The molecule has 0 unspecified atom stereocenters. The number of rotatable bonds is 9. The molecule has 1 saturated carbocycles. The van der Waals surface area contributed by atoms with Crippen molar-refractivity contribution in [2.24, 2.45) is 11.8 Å². The van der Waals surface area contributed by atoms with E-state index in [0.717, 1.165) is 15.8 Å². The van der Waals surface area contributed by atoms with Crippen LogP contribution in [0.5, 0.6) is 0 Å². The first-order valence-electron chi connectivity index (χ1n) is 9.74. The quantitative estimate of drug-likeness (QED) is 0.455. The summed E-state index contributed by atoms with van der Waals surface area (Å²) in [6.07, 6.45) is 9.05. The summed E-state index contributed by atoms with van der Waals surface area (Å²) in [4.78, 5) is 27.4. The minimum atomic E-state index is -0.817. The van der Waals surface area contributed by atoms with Crippen molar-refractivity contribution in [1.29, 1.82) is 0 Å². The Morgan fingerprint density at radius 3 is 2.90 bits per heavy atom. The van der Waals surface area contributed by atoms with Crippen LogP contribution in [0.15, 0.2) is 60.7 Å². The van der Waals surface area contributed by atoms with Gasteiger partial charge in [-0.3, -0.25) is 9.59 Å². The number of para-hydroxylation sites is 1. The van der Waals surface area contributed by atoms with Gasteiger partial charge in [0.2, 0.25) is 0 Å². The summed E-state index contributed by atoms with van der Waals surface area (Å²) in [5.74, 6) is -0.917. The van der Waals surface area contributed by atoms with E-state index in [2.05, 4.69) is 11.6 Å². The highest BCUT2D eigenvalue weighted by atomic mass is 32.1. The number of unbranched alkanes of at least 4 members (excludes halogenated alkanes) is 1. The molecule has 3 atom stereocenters. The van der Waals surface area contributed by atoms with Crippen LogP contribution >= 0.6 is 11.3 Å². The predicted octanol–water partition coefficient (Wildman–Crippen LogP) is 4.85. The molecule has 0 bridgehead atoms. The minimum absolute atomic E-state index is 0.102. The maximum Gasteiger partial charge on any atom is 0.303 e. The summed E-state index contributed by atoms with van der Waals surface area (Å²) in [7, 11) is 0. The summed E-state index contributed by atoms with van der Waals surface area (Å²) >= 11 is 1.46. The Morgan fingerprint density at radius 1 is 1.34 bits per heavy atom.